The summed E-state index contributed by atoms with van der Waals surface area (Å²) in [7, 11) is 2.20. The second kappa shape index (κ2) is 6.55. The van der Waals surface area contributed by atoms with Crippen LogP contribution in [0.3, 0.4) is 0 Å². The van der Waals surface area contributed by atoms with Gasteiger partial charge < -0.3 is 4.74 Å². The number of hydrogen-bond donors (Lipinski definition) is 0. The molecule has 0 fully saturated rings. The van der Waals surface area contributed by atoms with Crippen molar-refractivity contribution in [1.29, 1.82) is 0 Å². The smallest absolute Gasteiger partial charge is 0.256 e. The molecule has 0 saturated carbocycles. The van der Waals surface area contributed by atoms with E-state index < -0.39 is 0 Å². The average Bonchev–Trinajstić information content (AvgIpc) is 2.75. The maximum Gasteiger partial charge on any atom is 0.256 e. The quantitative estimate of drug-likeness (QED) is 0.219. The van der Waals surface area contributed by atoms with Gasteiger partial charge in [-0.05, 0) is 53.3 Å². The molecule has 1 aromatic heterocycles. The molecule has 0 radical (unpaired) electrons. The Morgan fingerprint density at radius 1 is 0.839 bits per heavy atom. The maximum absolute atomic E-state index is 6.54. The molecule has 0 N–H and O–H groups in total. The number of fused-ring (bicyclic) bond motifs is 5. The van der Waals surface area contributed by atoms with Gasteiger partial charge in [-0.3, -0.25) is 0 Å². The molecule has 0 saturated heterocycles. The first-order valence-corrected chi connectivity index (χ1v) is 11.1. The van der Waals surface area contributed by atoms with E-state index in [2.05, 4.69) is 99.1 Å². The van der Waals surface area contributed by atoms with E-state index in [1.165, 1.54) is 54.8 Å². The average molecular weight is 405 g/mol. The molecule has 0 spiro atoms. The number of aromatic nitrogens is 1. The first-order chi connectivity index (χ1) is 15.0. The molecule has 4 aromatic carbocycles. The molecule has 0 bridgehead atoms. The predicted octanol–water partition coefficient (Wildman–Crippen LogP) is 7.25. The Balaban J connectivity index is 1.81. The zero-order valence-corrected chi connectivity index (χ0v) is 18.5. The number of rotatable bonds is 2. The summed E-state index contributed by atoms with van der Waals surface area (Å²) in [6, 6.07) is 24.2. The molecule has 0 atom stereocenters. The van der Waals surface area contributed by atoms with Crippen molar-refractivity contribution in [3.05, 3.63) is 77.9 Å². The third-order valence-corrected chi connectivity index (χ3v) is 6.63. The maximum atomic E-state index is 6.54. The largest absolute Gasteiger partial charge is 0.450 e. The zero-order valence-electron chi connectivity index (χ0n) is 18.5. The highest BCUT2D eigenvalue weighted by molar-refractivity contribution is 6.08. The SMILES string of the molecule is Cc1ccc2cccc3c2c1-c1c(cc2c(CC(C)C)cc4ccccc4c2[n+]1C)O3. The summed E-state index contributed by atoms with van der Waals surface area (Å²) in [5.41, 5.74) is 6.41. The van der Waals surface area contributed by atoms with Crippen LogP contribution >= 0.6 is 0 Å². The Morgan fingerprint density at radius 3 is 2.48 bits per heavy atom. The fraction of sp³-hybridized carbons (Fsp3) is 0.207. The van der Waals surface area contributed by atoms with Gasteiger partial charge in [0.15, 0.2) is 5.75 Å². The minimum absolute atomic E-state index is 0.586. The van der Waals surface area contributed by atoms with Crippen LogP contribution in [0.5, 0.6) is 11.5 Å². The number of nitrogens with zero attached hydrogens (tertiary/aromatic N) is 1. The molecule has 2 nitrogen and oxygen atoms in total. The van der Waals surface area contributed by atoms with Gasteiger partial charge in [0.05, 0.1) is 16.3 Å². The fourth-order valence-electron chi connectivity index (χ4n) is 5.34. The van der Waals surface area contributed by atoms with E-state index in [9.17, 15) is 0 Å². The predicted molar refractivity (Wildman–Crippen MR) is 129 cm³/mol. The van der Waals surface area contributed by atoms with Crippen LogP contribution in [-0.4, -0.2) is 0 Å². The summed E-state index contributed by atoms with van der Waals surface area (Å²) in [5.74, 6) is 2.49. The second-order valence-electron chi connectivity index (χ2n) is 9.25. The summed E-state index contributed by atoms with van der Waals surface area (Å²) in [5, 5.41) is 6.32. The van der Waals surface area contributed by atoms with Crippen LogP contribution in [0, 0.1) is 12.8 Å². The molecule has 1 aliphatic rings. The molecule has 6 rings (SSSR count). The number of pyridine rings is 1. The topological polar surface area (TPSA) is 13.1 Å². The molecule has 0 aliphatic carbocycles. The van der Waals surface area contributed by atoms with E-state index in [0.29, 0.717) is 5.92 Å². The monoisotopic (exact) mass is 404 g/mol. The molecule has 0 unspecified atom stereocenters. The van der Waals surface area contributed by atoms with Gasteiger partial charge in [-0.2, -0.15) is 4.57 Å². The van der Waals surface area contributed by atoms with Crippen molar-refractivity contribution in [1.82, 2.24) is 0 Å². The summed E-state index contributed by atoms with van der Waals surface area (Å²) in [6.07, 6.45) is 1.05. The van der Waals surface area contributed by atoms with Crippen LogP contribution in [0.15, 0.2) is 66.7 Å². The molecular weight excluding hydrogens is 378 g/mol. The van der Waals surface area contributed by atoms with Crippen molar-refractivity contribution < 1.29 is 9.30 Å². The Hall–Kier alpha value is -3.39. The summed E-state index contributed by atoms with van der Waals surface area (Å²) in [6.45, 7) is 6.78. The first-order valence-electron chi connectivity index (χ1n) is 11.1. The van der Waals surface area contributed by atoms with Crippen molar-refractivity contribution in [2.75, 3.05) is 0 Å². The summed E-state index contributed by atoms with van der Waals surface area (Å²) in [4.78, 5) is 0. The van der Waals surface area contributed by atoms with Gasteiger partial charge in [-0.1, -0.05) is 62.4 Å². The first kappa shape index (κ1) is 18.4. The fourth-order valence-corrected chi connectivity index (χ4v) is 5.34. The van der Waals surface area contributed by atoms with Gasteiger partial charge in [0.25, 0.3) is 5.69 Å². The van der Waals surface area contributed by atoms with E-state index in [4.69, 9.17) is 4.74 Å². The number of hydrogen-bond acceptors (Lipinski definition) is 1. The lowest BCUT2D eigenvalue weighted by atomic mass is 9.90. The normalized spacial score (nSPS) is 12.5. The molecule has 2 heteroatoms. The highest BCUT2D eigenvalue weighted by Crippen LogP contribution is 2.47. The number of benzene rings is 4. The Labute approximate surface area is 182 Å². The van der Waals surface area contributed by atoms with Crippen LogP contribution in [0.4, 0.5) is 0 Å². The minimum atomic E-state index is 0.586. The van der Waals surface area contributed by atoms with Crippen LogP contribution in [0.1, 0.15) is 25.0 Å². The lowest BCUT2D eigenvalue weighted by molar-refractivity contribution is -0.633. The van der Waals surface area contributed by atoms with E-state index in [-0.39, 0.29) is 0 Å². The van der Waals surface area contributed by atoms with Crippen molar-refractivity contribution in [2.24, 2.45) is 13.0 Å². The van der Waals surface area contributed by atoms with Crippen LogP contribution in [0.25, 0.3) is 43.7 Å². The minimum Gasteiger partial charge on any atom is -0.450 e. The van der Waals surface area contributed by atoms with E-state index in [1.807, 2.05) is 0 Å². The van der Waals surface area contributed by atoms with Gasteiger partial charge in [0.1, 0.15) is 12.8 Å². The molecule has 2 heterocycles. The third kappa shape index (κ3) is 2.61. The van der Waals surface area contributed by atoms with Crippen molar-refractivity contribution in [3.8, 4) is 22.8 Å². The molecule has 0 amide bonds. The Kier molecular flexibility index (Phi) is 3.89. The van der Waals surface area contributed by atoms with E-state index >= 15 is 0 Å². The highest BCUT2D eigenvalue weighted by Gasteiger charge is 2.32. The van der Waals surface area contributed by atoms with Crippen LogP contribution < -0.4 is 9.30 Å². The molecule has 152 valence electrons. The highest BCUT2D eigenvalue weighted by atomic mass is 16.5. The van der Waals surface area contributed by atoms with Crippen LogP contribution in [-0.2, 0) is 13.5 Å². The number of ether oxygens (including phenoxy) is 1. The standard InChI is InChI=1S/C29H26NO/c1-17(2)14-21-15-20-8-5-6-10-22(20)28-23(21)16-25-29(30(28)4)26-18(3)12-13-19-9-7-11-24(31-25)27(19)26/h5-13,15-17H,14H2,1-4H3/q+1. The van der Waals surface area contributed by atoms with Crippen molar-refractivity contribution in [3.63, 3.8) is 0 Å². The molecular formula is C29H26NO+. The zero-order chi connectivity index (χ0) is 21.3. The summed E-state index contributed by atoms with van der Waals surface area (Å²) < 4.78 is 8.91. The van der Waals surface area contributed by atoms with Crippen molar-refractivity contribution in [2.45, 2.75) is 27.2 Å². The van der Waals surface area contributed by atoms with Crippen LogP contribution in [0.2, 0.25) is 0 Å². The third-order valence-electron chi connectivity index (χ3n) is 6.63. The lowest BCUT2D eigenvalue weighted by Crippen LogP contribution is -2.34. The van der Waals surface area contributed by atoms with Gasteiger partial charge in [0, 0.05) is 11.5 Å². The Morgan fingerprint density at radius 2 is 1.65 bits per heavy atom. The van der Waals surface area contributed by atoms with Gasteiger partial charge >= 0.3 is 0 Å². The second-order valence-corrected chi connectivity index (χ2v) is 9.25. The van der Waals surface area contributed by atoms with E-state index in [0.717, 1.165) is 17.9 Å². The van der Waals surface area contributed by atoms with Gasteiger partial charge in [-0.15, -0.1) is 0 Å². The van der Waals surface area contributed by atoms with Gasteiger partial charge in [-0.25, -0.2) is 0 Å². The van der Waals surface area contributed by atoms with Crippen molar-refractivity contribution >= 4 is 32.4 Å². The summed E-state index contributed by atoms with van der Waals surface area (Å²) >= 11 is 0. The molecule has 31 heavy (non-hydrogen) atoms. The lowest BCUT2D eigenvalue weighted by Gasteiger charge is -2.22. The van der Waals surface area contributed by atoms with Gasteiger partial charge in [0.2, 0.25) is 5.52 Å². The molecule has 1 aliphatic heterocycles. The molecule has 5 aromatic rings. The van der Waals surface area contributed by atoms with E-state index in [1.54, 1.807) is 0 Å². The number of aryl methyl sites for hydroxylation is 2. The Bertz CT molecular complexity index is 1530.